The summed E-state index contributed by atoms with van der Waals surface area (Å²) in [5.74, 6) is -0.154. The molecule has 0 aromatic heterocycles. The molecule has 27 heavy (non-hydrogen) atoms. The molecule has 1 aromatic rings. The molecule has 0 atom stereocenters. The van der Waals surface area contributed by atoms with Gasteiger partial charge in [0.05, 0.1) is 9.80 Å². The van der Waals surface area contributed by atoms with Gasteiger partial charge in [-0.25, -0.2) is 0 Å². The summed E-state index contributed by atoms with van der Waals surface area (Å²) in [6.45, 7) is 1.90. The fraction of sp³-hybridized carbons (Fsp3) is 0.474. The highest BCUT2D eigenvalue weighted by molar-refractivity contribution is 8.19. The summed E-state index contributed by atoms with van der Waals surface area (Å²) in [5.41, 5.74) is 0.979. The Labute approximate surface area is 165 Å². The topological polar surface area (TPSA) is 70.0 Å². The highest BCUT2D eigenvalue weighted by Gasteiger charge is 2.40. The van der Waals surface area contributed by atoms with E-state index in [-0.39, 0.29) is 22.0 Å². The van der Waals surface area contributed by atoms with Crippen molar-refractivity contribution in [2.24, 2.45) is 4.40 Å². The van der Waals surface area contributed by atoms with Crippen LogP contribution in [0, 0.1) is 6.92 Å². The Bertz CT molecular complexity index is 868. The van der Waals surface area contributed by atoms with Crippen LogP contribution in [0.1, 0.15) is 37.7 Å². The number of carbonyl (C=O) groups is 1. The molecular weight excluding hydrogens is 382 g/mol. The van der Waals surface area contributed by atoms with Gasteiger partial charge in [-0.15, -0.1) is 4.40 Å². The van der Waals surface area contributed by atoms with Gasteiger partial charge in [0.2, 0.25) is 0 Å². The van der Waals surface area contributed by atoms with Crippen molar-refractivity contribution in [2.75, 3.05) is 14.1 Å². The van der Waals surface area contributed by atoms with Crippen LogP contribution in [0.4, 0.5) is 0 Å². The third-order valence-corrected chi connectivity index (χ3v) is 7.04. The first kappa shape index (κ1) is 19.9. The number of hydrogen-bond acceptors (Lipinski definition) is 5. The van der Waals surface area contributed by atoms with Gasteiger partial charge in [0.1, 0.15) is 0 Å². The second-order valence-corrected chi connectivity index (χ2v) is 9.80. The highest BCUT2D eigenvalue weighted by Crippen LogP contribution is 2.37. The molecule has 3 rings (SSSR count). The highest BCUT2D eigenvalue weighted by atomic mass is 32.2. The van der Waals surface area contributed by atoms with Crippen molar-refractivity contribution in [1.82, 2.24) is 9.80 Å². The van der Waals surface area contributed by atoms with Gasteiger partial charge in [0.15, 0.2) is 5.17 Å². The Hall–Kier alpha value is -1.80. The number of sulfonamides is 1. The fourth-order valence-electron chi connectivity index (χ4n) is 3.30. The fourth-order valence-corrected chi connectivity index (χ4v) is 5.60. The molecule has 0 unspecified atom stereocenters. The Kier molecular flexibility index (Phi) is 5.95. The lowest BCUT2D eigenvalue weighted by Crippen LogP contribution is -2.40. The minimum absolute atomic E-state index is 0.0128. The van der Waals surface area contributed by atoms with Crippen molar-refractivity contribution in [1.29, 1.82) is 0 Å². The Morgan fingerprint density at radius 3 is 2.37 bits per heavy atom. The minimum atomic E-state index is -3.87. The average molecular weight is 408 g/mol. The number of thioether (sulfide) groups is 1. The van der Waals surface area contributed by atoms with E-state index in [4.69, 9.17) is 0 Å². The maximum absolute atomic E-state index is 13.0. The summed E-state index contributed by atoms with van der Waals surface area (Å²) in [6, 6.07) is 6.61. The predicted molar refractivity (Wildman–Crippen MR) is 109 cm³/mol. The van der Waals surface area contributed by atoms with Gasteiger partial charge < -0.3 is 4.90 Å². The number of benzene rings is 1. The minimum Gasteiger partial charge on any atom is -0.382 e. The lowest BCUT2D eigenvalue weighted by Gasteiger charge is -2.30. The van der Waals surface area contributed by atoms with Gasteiger partial charge in [-0.2, -0.15) is 8.42 Å². The third-order valence-electron chi connectivity index (χ3n) is 4.67. The van der Waals surface area contributed by atoms with Crippen molar-refractivity contribution >= 4 is 32.9 Å². The van der Waals surface area contributed by atoms with Crippen LogP contribution in [-0.4, -0.2) is 49.4 Å². The molecule has 2 fully saturated rings. The predicted octanol–water partition coefficient (Wildman–Crippen LogP) is 3.35. The average Bonchev–Trinajstić information content (AvgIpc) is 2.90. The number of nitrogens with zero attached hydrogens (tertiary/aromatic N) is 3. The van der Waals surface area contributed by atoms with E-state index >= 15 is 0 Å². The summed E-state index contributed by atoms with van der Waals surface area (Å²) < 4.78 is 29.7. The van der Waals surface area contributed by atoms with Crippen LogP contribution in [0.3, 0.4) is 0 Å². The molecule has 1 saturated heterocycles. The van der Waals surface area contributed by atoms with E-state index in [1.165, 1.54) is 0 Å². The zero-order valence-corrected chi connectivity index (χ0v) is 17.5. The molecule has 1 saturated carbocycles. The molecule has 1 aliphatic carbocycles. The molecule has 0 bridgehead atoms. The Balaban J connectivity index is 1.99. The van der Waals surface area contributed by atoms with Gasteiger partial charge in [-0.1, -0.05) is 37.0 Å². The third kappa shape index (κ3) is 4.55. The zero-order chi connectivity index (χ0) is 19.6. The summed E-state index contributed by atoms with van der Waals surface area (Å²) in [6.07, 6.45) is 6.73. The molecule has 2 aliphatic rings. The van der Waals surface area contributed by atoms with Crippen LogP contribution >= 0.6 is 11.8 Å². The van der Waals surface area contributed by atoms with Crippen molar-refractivity contribution in [3.05, 3.63) is 40.9 Å². The van der Waals surface area contributed by atoms with Crippen LogP contribution < -0.4 is 0 Å². The van der Waals surface area contributed by atoms with Crippen molar-refractivity contribution in [3.63, 3.8) is 0 Å². The molecular formula is C19H25N3O3S2. The van der Waals surface area contributed by atoms with Crippen LogP contribution in [-0.2, 0) is 14.8 Å². The molecule has 0 N–H and O–H groups in total. The molecule has 0 spiro atoms. The lowest BCUT2D eigenvalue weighted by molar-refractivity contribution is -0.124. The molecule has 1 aromatic carbocycles. The quantitative estimate of drug-likeness (QED) is 0.716. The lowest BCUT2D eigenvalue weighted by atomic mass is 9.94. The van der Waals surface area contributed by atoms with E-state index in [1.807, 2.05) is 21.0 Å². The van der Waals surface area contributed by atoms with Crippen LogP contribution in [0.25, 0.3) is 0 Å². The van der Waals surface area contributed by atoms with Crippen LogP contribution in [0.2, 0.25) is 0 Å². The Morgan fingerprint density at radius 1 is 1.15 bits per heavy atom. The second kappa shape index (κ2) is 8.06. The summed E-state index contributed by atoms with van der Waals surface area (Å²) >= 11 is 1.14. The first-order chi connectivity index (χ1) is 12.8. The van der Waals surface area contributed by atoms with Crippen molar-refractivity contribution in [3.8, 4) is 0 Å². The van der Waals surface area contributed by atoms with Crippen LogP contribution in [0.5, 0.6) is 0 Å². The van der Waals surface area contributed by atoms with Gasteiger partial charge >= 0.3 is 0 Å². The van der Waals surface area contributed by atoms with Gasteiger partial charge in [-0.3, -0.25) is 9.69 Å². The smallest absolute Gasteiger partial charge is 0.284 e. The zero-order valence-electron chi connectivity index (χ0n) is 15.9. The normalized spacial score (nSPS) is 22.0. The van der Waals surface area contributed by atoms with E-state index in [0.29, 0.717) is 4.91 Å². The molecule has 0 radical (unpaired) electrons. The maximum atomic E-state index is 13.0. The van der Waals surface area contributed by atoms with Gasteiger partial charge in [0, 0.05) is 26.3 Å². The Morgan fingerprint density at radius 2 is 1.78 bits per heavy atom. The summed E-state index contributed by atoms with van der Waals surface area (Å²) in [5, 5.41) is 0.264. The molecule has 1 heterocycles. The molecule has 1 aliphatic heterocycles. The number of hydrogen-bond donors (Lipinski definition) is 0. The number of rotatable bonds is 4. The standard InChI is InChI=1S/C19H25N3O3S2/c1-14-9-11-16(12-10-14)27(24,25)20-19-22(15-7-5-4-6-8-15)18(23)17(26-19)13-21(2)3/h9-13,15H,4-8H2,1-3H3/b17-13+,20-19?. The molecule has 1 amide bonds. The molecule has 6 nitrogen and oxygen atoms in total. The van der Waals surface area contributed by atoms with E-state index in [1.54, 1.807) is 40.3 Å². The number of aryl methyl sites for hydroxylation is 1. The number of amides is 1. The monoisotopic (exact) mass is 407 g/mol. The first-order valence-corrected chi connectivity index (χ1v) is 11.3. The van der Waals surface area contributed by atoms with E-state index in [2.05, 4.69) is 4.40 Å². The SMILES string of the molecule is Cc1ccc(S(=O)(=O)N=C2S/C(=C/N(C)C)C(=O)N2C2CCCCC2)cc1. The maximum Gasteiger partial charge on any atom is 0.284 e. The molecule has 8 heteroatoms. The largest absolute Gasteiger partial charge is 0.382 e. The van der Waals surface area contributed by atoms with Gasteiger partial charge in [0.25, 0.3) is 15.9 Å². The van der Waals surface area contributed by atoms with Crippen LogP contribution in [0.15, 0.2) is 44.7 Å². The first-order valence-electron chi connectivity index (χ1n) is 9.09. The molecule has 146 valence electrons. The van der Waals surface area contributed by atoms with E-state index in [0.717, 1.165) is 49.4 Å². The van der Waals surface area contributed by atoms with Gasteiger partial charge in [-0.05, 0) is 43.7 Å². The summed E-state index contributed by atoms with van der Waals surface area (Å²) in [4.78, 5) is 17.0. The van der Waals surface area contributed by atoms with Crippen molar-refractivity contribution in [2.45, 2.75) is 50.0 Å². The summed E-state index contributed by atoms with van der Waals surface area (Å²) in [7, 11) is -0.200. The second-order valence-electron chi connectivity index (χ2n) is 7.19. The number of amidine groups is 1. The van der Waals surface area contributed by atoms with E-state index in [9.17, 15) is 13.2 Å². The number of carbonyl (C=O) groups excluding carboxylic acids is 1. The van der Waals surface area contributed by atoms with Crippen molar-refractivity contribution < 1.29 is 13.2 Å². The van der Waals surface area contributed by atoms with E-state index < -0.39 is 10.0 Å².